The largest absolute Gasteiger partial charge is 0.396 e. The fourth-order valence-corrected chi connectivity index (χ4v) is 3.56. The molecule has 0 bridgehead atoms. The Morgan fingerprint density at radius 3 is 2.95 bits per heavy atom. The molecule has 0 spiro atoms. The molecule has 1 aromatic heterocycles. The van der Waals surface area contributed by atoms with Gasteiger partial charge in [0.2, 0.25) is 0 Å². The first-order chi connectivity index (χ1) is 9.65. The summed E-state index contributed by atoms with van der Waals surface area (Å²) in [5.74, 6) is -0.160. The normalized spacial score (nSPS) is 10.3. The molecule has 7 heteroatoms. The third-order valence-electron chi connectivity index (χ3n) is 2.53. The molecule has 0 saturated carbocycles. The number of nitrogen functional groups attached to an aromatic ring is 1. The maximum Gasteiger partial charge on any atom is 0.263 e. The van der Waals surface area contributed by atoms with E-state index in [0.29, 0.717) is 23.7 Å². The number of hydrogen-bond donors (Lipinski definition) is 3. The molecule has 1 rings (SSSR count). The smallest absolute Gasteiger partial charge is 0.263 e. The van der Waals surface area contributed by atoms with Gasteiger partial charge in [0, 0.05) is 26.8 Å². The van der Waals surface area contributed by atoms with E-state index in [1.807, 2.05) is 6.26 Å². The Morgan fingerprint density at radius 1 is 1.60 bits per heavy atom. The van der Waals surface area contributed by atoms with Gasteiger partial charge in [0.1, 0.15) is 9.88 Å². The average Bonchev–Trinajstić information content (AvgIpc) is 2.77. The number of ether oxygens (including phenoxy) is 1. The number of thioether (sulfide) groups is 1. The van der Waals surface area contributed by atoms with Crippen LogP contribution in [0.15, 0.2) is 17.6 Å². The number of rotatable bonds is 9. The van der Waals surface area contributed by atoms with E-state index in [1.54, 1.807) is 13.2 Å². The molecular formula is C13H21N3O2S2. The molecule has 0 aromatic carbocycles. The van der Waals surface area contributed by atoms with Crippen molar-refractivity contribution >= 4 is 39.7 Å². The van der Waals surface area contributed by atoms with Crippen molar-refractivity contribution < 1.29 is 9.53 Å². The van der Waals surface area contributed by atoms with Crippen molar-refractivity contribution in [3.63, 3.8) is 0 Å². The van der Waals surface area contributed by atoms with Gasteiger partial charge in [-0.3, -0.25) is 4.79 Å². The van der Waals surface area contributed by atoms with Gasteiger partial charge in [0.25, 0.3) is 5.91 Å². The summed E-state index contributed by atoms with van der Waals surface area (Å²) < 4.78 is 5.01. The second-order valence-corrected chi connectivity index (χ2v) is 5.82. The molecule has 0 fully saturated rings. The van der Waals surface area contributed by atoms with Gasteiger partial charge in [0.05, 0.1) is 10.6 Å². The van der Waals surface area contributed by atoms with Crippen LogP contribution < -0.4 is 16.4 Å². The van der Waals surface area contributed by atoms with Crippen LogP contribution >= 0.6 is 23.1 Å². The highest BCUT2D eigenvalue weighted by atomic mass is 32.2. The van der Waals surface area contributed by atoms with Crippen molar-refractivity contribution in [2.45, 2.75) is 11.3 Å². The Hall–Kier alpha value is -1.18. The zero-order chi connectivity index (χ0) is 15.0. The van der Waals surface area contributed by atoms with Crippen LogP contribution in [0.4, 0.5) is 10.7 Å². The van der Waals surface area contributed by atoms with Crippen LogP contribution in [-0.2, 0) is 4.74 Å². The molecule has 0 saturated heterocycles. The van der Waals surface area contributed by atoms with Crippen molar-refractivity contribution in [1.29, 1.82) is 0 Å². The fraction of sp³-hybridized carbons (Fsp3) is 0.462. The number of anilines is 2. The van der Waals surface area contributed by atoms with E-state index in [-0.39, 0.29) is 5.91 Å². The van der Waals surface area contributed by atoms with Gasteiger partial charge in [-0.1, -0.05) is 6.08 Å². The molecule has 112 valence electrons. The Balaban J connectivity index is 2.79. The molecule has 0 aliphatic rings. The summed E-state index contributed by atoms with van der Waals surface area (Å²) in [6, 6.07) is 0. The van der Waals surface area contributed by atoms with Gasteiger partial charge in [-0.2, -0.15) is 0 Å². The van der Waals surface area contributed by atoms with Crippen LogP contribution in [0.2, 0.25) is 0 Å². The van der Waals surface area contributed by atoms with E-state index >= 15 is 0 Å². The third-order valence-corrected chi connectivity index (χ3v) is 4.65. The first kappa shape index (κ1) is 16.9. The van der Waals surface area contributed by atoms with Gasteiger partial charge in [-0.15, -0.1) is 29.7 Å². The molecule has 4 N–H and O–H groups in total. The van der Waals surface area contributed by atoms with Gasteiger partial charge in [-0.25, -0.2) is 0 Å². The highest BCUT2D eigenvalue weighted by molar-refractivity contribution is 7.99. The first-order valence-electron chi connectivity index (χ1n) is 6.23. The van der Waals surface area contributed by atoms with Crippen molar-refractivity contribution in [3.8, 4) is 0 Å². The van der Waals surface area contributed by atoms with Gasteiger partial charge in [-0.05, 0) is 12.7 Å². The number of carbonyl (C=O) groups is 1. The second kappa shape index (κ2) is 8.89. The summed E-state index contributed by atoms with van der Waals surface area (Å²) in [4.78, 5) is 13.5. The van der Waals surface area contributed by atoms with E-state index in [4.69, 9.17) is 10.5 Å². The molecule has 0 radical (unpaired) electrons. The molecule has 20 heavy (non-hydrogen) atoms. The van der Waals surface area contributed by atoms with Crippen LogP contribution in [0.25, 0.3) is 0 Å². The maximum atomic E-state index is 12.0. The molecule has 1 aromatic rings. The molecule has 1 heterocycles. The summed E-state index contributed by atoms with van der Waals surface area (Å²) in [7, 11) is 1.68. The zero-order valence-corrected chi connectivity index (χ0v) is 13.5. The van der Waals surface area contributed by atoms with Crippen molar-refractivity contribution in [2.75, 3.05) is 44.1 Å². The van der Waals surface area contributed by atoms with Crippen molar-refractivity contribution in [3.05, 3.63) is 17.5 Å². The molecule has 0 unspecified atom stereocenters. The molecule has 0 aliphatic heterocycles. The lowest BCUT2D eigenvalue weighted by Crippen LogP contribution is -2.23. The van der Waals surface area contributed by atoms with Crippen molar-refractivity contribution in [1.82, 2.24) is 5.32 Å². The van der Waals surface area contributed by atoms with E-state index in [0.717, 1.165) is 22.9 Å². The minimum absolute atomic E-state index is 0.160. The predicted molar refractivity (Wildman–Crippen MR) is 88.0 cm³/mol. The summed E-state index contributed by atoms with van der Waals surface area (Å²) >= 11 is 2.92. The fourth-order valence-electron chi connectivity index (χ4n) is 1.58. The van der Waals surface area contributed by atoms with Crippen LogP contribution in [0.1, 0.15) is 16.1 Å². The predicted octanol–water partition coefficient (Wildman–Crippen LogP) is 2.42. The summed E-state index contributed by atoms with van der Waals surface area (Å²) in [6.45, 7) is 5.50. The number of amides is 1. The number of nitrogens with two attached hydrogens (primary N) is 1. The lowest BCUT2D eigenvalue weighted by atomic mass is 10.3. The minimum atomic E-state index is -0.160. The topological polar surface area (TPSA) is 76.4 Å². The second-order valence-electron chi connectivity index (χ2n) is 3.98. The summed E-state index contributed by atoms with van der Waals surface area (Å²) in [6.07, 6.45) is 4.49. The minimum Gasteiger partial charge on any atom is -0.396 e. The Labute approximate surface area is 128 Å². The number of thiophene rings is 1. The Morgan fingerprint density at radius 2 is 2.35 bits per heavy atom. The van der Waals surface area contributed by atoms with Gasteiger partial charge < -0.3 is 21.1 Å². The van der Waals surface area contributed by atoms with Crippen molar-refractivity contribution in [2.24, 2.45) is 0 Å². The lowest BCUT2D eigenvalue weighted by Gasteiger charge is -2.05. The average molecular weight is 315 g/mol. The summed E-state index contributed by atoms with van der Waals surface area (Å²) in [5, 5.41) is 7.00. The van der Waals surface area contributed by atoms with Crippen LogP contribution in [0, 0.1) is 0 Å². The SMILES string of the molecule is C=CCNC(=O)c1sc(NCCCOC)c(SC)c1N. The summed E-state index contributed by atoms with van der Waals surface area (Å²) in [5.41, 5.74) is 6.60. The standard InChI is InChI=1S/C13H21N3O2S2/c1-4-6-15-12(17)10-9(14)11(19-3)13(20-10)16-7-5-8-18-2/h4,16H,1,5-8,14H2,2-3H3,(H,15,17). The first-order valence-corrected chi connectivity index (χ1v) is 8.28. The third kappa shape index (κ3) is 4.43. The highest BCUT2D eigenvalue weighted by Gasteiger charge is 2.19. The monoisotopic (exact) mass is 315 g/mol. The molecular weight excluding hydrogens is 294 g/mol. The molecule has 0 aliphatic carbocycles. The Bertz CT molecular complexity index is 461. The number of carbonyl (C=O) groups excluding carboxylic acids is 1. The number of methoxy groups -OCH3 is 1. The van der Waals surface area contributed by atoms with Gasteiger partial charge in [0.15, 0.2) is 0 Å². The zero-order valence-electron chi connectivity index (χ0n) is 11.8. The van der Waals surface area contributed by atoms with Crippen LogP contribution in [-0.4, -0.2) is 39.0 Å². The number of hydrogen-bond acceptors (Lipinski definition) is 6. The van der Waals surface area contributed by atoms with Gasteiger partial charge >= 0.3 is 0 Å². The quantitative estimate of drug-likeness (QED) is 0.371. The van der Waals surface area contributed by atoms with Crippen LogP contribution in [0.3, 0.4) is 0 Å². The lowest BCUT2D eigenvalue weighted by molar-refractivity contribution is 0.0963. The Kier molecular flexibility index (Phi) is 7.50. The maximum absolute atomic E-state index is 12.0. The number of nitrogens with one attached hydrogen (secondary N) is 2. The van der Waals surface area contributed by atoms with E-state index < -0.39 is 0 Å². The van der Waals surface area contributed by atoms with E-state index in [2.05, 4.69) is 17.2 Å². The van der Waals surface area contributed by atoms with E-state index in [1.165, 1.54) is 23.1 Å². The molecule has 5 nitrogen and oxygen atoms in total. The van der Waals surface area contributed by atoms with Crippen LogP contribution in [0.5, 0.6) is 0 Å². The molecule has 0 atom stereocenters. The highest BCUT2D eigenvalue weighted by Crippen LogP contribution is 2.41. The molecule has 1 amide bonds. The van der Waals surface area contributed by atoms with E-state index in [9.17, 15) is 4.79 Å².